The first-order valence-corrected chi connectivity index (χ1v) is 5.32. The van der Waals surface area contributed by atoms with E-state index >= 15 is 0 Å². The van der Waals surface area contributed by atoms with Gasteiger partial charge in [0.15, 0.2) is 0 Å². The number of aromatic nitrogens is 3. The van der Waals surface area contributed by atoms with Crippen molar-refractivity contribution in [1.29, 1.82) is 0 Å². The van der Waals surface area contributed by atoms with Crippen LogP contribution in [0.4, 0.5) is 5.82 Å². The number of pyridine rings is 1. The van der Waals surface area contributed by atoms with E-state index in [4.69, 9.17) is 5.73 Å². The van der Waals surface area contributed by atoms with Crippen molar-refractivity contribution in [3.63, 3.8) is 0 Å². The second-order valence-corrected chi connectivity index (χ2v) is 3.58. The number of anilines is 1. The molecule has 0 aliphatic carbocycles. The smallest absolute Gasteiger partial charge is 0.130 e. The first kappa shape index (κ1) is 10.5. The Morgan fingerprint density at radius 2 is 2.19 bits per heavy atom. The zero-order valence-electron chi connectivity index (χ0n) is 9.22. The fourth-order valence-electron chi connectivity index (χ4n) is 1.67. The predicted molar refractivity (Wildman–Crippen MR) is 63.7 cm³/mol. The Bertz CT molecular complexity index is 468. The molecule has 2 aromatic rings. The van der Waals surface area contributed by atoms with E-state index < -0.39 is 0 Å². The van der Waals surface area contributed by atoms with Gasteiger partial charge in [0, 0.05) is 23.5 Å². The molecule has 0 saturated carbocycles. The van der Waals surface area contributed by atoms with Gasteiger partial charge >= 0.3 is 0 Å². The highest BCUT2D eigenvalue weighted by atomic mass is 14.9. The van der Waals surface area contributed by atoms with E-state index in [0.717, 1.165) is 29.7 Å². The van der Waals surface area contributed by atoms with Crippen LogP contribution in [-0.2, 0) is 6.42 Å². The lowest BCUT2D eigenvalue weighted by molar-refractivity contribution is 0.908. The number of hydrogen-bond acceptors (Lipinski definition) is 4. The fraction of sp³-hybridized carbons (Fsp3) is 0.250. The summed E-state index contributed by atoms with van der Waals surface area (Å²) in [5.41, 5.74) is 8.76. The monoisotopic (exact) mass is 214 g/mol. The van der Waals surface area contributed by atoms with Gasteiger partial charge in [0.05, 0.1) is 5.69 Å². The Kier molecular flexibility index (Phi) is 3.10. The lowest BCUT2D eigenvalue weighted by atomic mass is 10.0. The van der Waals surface area contributed by atoms with Gasteiger partial charge in [0.1, 0.15) is 12.1 Å². The van der Waals surface area contributed by atoms with E-state index in [1.807, 2.05) is 12.1 Å². The van der Waals surface area contributed by atoms with Crippen molar-refractivity contribution < 1.29 is 0 Å². The summed E-state index contributed by atoms with van der Waals surface area (Å²) < 4.78 is 0. The van der Waals surface area contributed by atoms with Crippen LogP contribution in [0.1, 0.15) is 18.9 Å². The van der Waals surface area contributed by atoms with Crippen molar-refractivity contribution >= 4 is 5.82 Å². The number of nitrogens with zero attached hydrogens (tertiary/aromatic N) is 3. The molecule has 0 atom stereocenters. The molecule has 0 unspecified atom stereocenters. The number of hydrogen-bond donors (Lipinski definition) is 1. The molecule has 0 fully saturated rings. The lowest BCUT2D eigenvalue weighted by Gasteiger charge is -2.09. The topological polar surface area (TPSA) is 64.7 Å². The highest BCUT2D eigenvalue weighted by Crippen LogP contribution is 2.24. The van der Waals surface area contributed by atoms with Gasteiger partial charge in [-0.3, -0.25) is 4.98 Å². The summed E-state index contributed by atoms with van der Waals surface area (Å²) in [4.78, 5) is 12.4. The first-order valence-electron chi connectivity index (χ1n) is 5.32. The van der Waals surface area contributed by atoms with E-state index in [1.165, 1.54) is 6.33 Å². The summed E-state index contributed by atoms with van der Waals surface area (Å²) in [5.74, 6) is 0.565. The van der Waals surface area contributed by atoms with Crippen LogP contribution in [0.5, 0.6) is 0 Å². The second kappa shape index (κ2) is 4.70. The zero-order valence-corrected chi connectivity index (χ0v) is 9.22. The van der Waals surface area contributed by atoms with Crippen molar-refractivity contribution in [2.24, 2.45) is 0 Å². The summed E-state index contributed by atoms with van der Waals surface area (Å²) in [6.07, 6.45) is 6.94. The second-order valence-electron chi connectivity index (χ2n) is 3.58. The Hall–Kier alpha value is -1.97. The molecule has 0 aromatic carbocycles. The Morgan fingerprint density at radius 3 is 2.88 bits per heavy atom. The van der Waals surface area contributed by atoms with Gasteiger partial charge in [0.25, 0.3) is 0 Å². The maximum absolute atomic E-state index is 5.87. The minimum absolute atomic E-state index is 0.565. The van der Waals surface area contributed by atoms with Gasteiger partial charge < -0.3 is 5.73 Å². The average molecular weight is 214 g/mol. The van der Waals surface area contributed by atoms with E-state index in [9.17, 15) is 0 Å². The molecule has 0 amide bonds. The molecule has 2 N–H and O–H groups in total. The zero-order chi connectivity index (χ0) is 11.4. The van der Waals surface area contributed by atoms with Crippen molar-refractivity contribution in [3.8, 4) is 11.3 Å². The number of nitrogen functional groups attached to an aromatic ring is 1. The number of rotatable bonds is 3. The van der Waals surface area contributed by atoms with Crippen molar-refractivity contribution in [1.82, 2.24) is 15.0 Å². The molecular formula is C12H14N4. The molecule has 0 spiro atoms. The summed E-state index contributed by atoms with van der Waals surface area (Å²) in [7, 11) is 0. The molecule has 4 heteroatoms. The maximum Gasteiger partial charge on any atom is 0.130 e. The Morgan fingerprint density at radius 1 is 1.31 bits per heavy atom. The molecule has 0 radical (unpaired) electrons. The van der Waals surface area contributed by atoms with E-state index in [-0.39, 0.29) is 0 Å². The van der Waals surface area contributed by atoms with Crippen LogP contribution < -0.4 is 5.73 Å². The Balaban J connectivity index is 2.52. The van der Waals surface area contributed by atoms with Crippen molar-refractivity contribution in [3.05, 3.63) is 36.4 Å². The quantitative estimate of drug-likeness (QED) is 0.849. The standard InChI is InChI=1S/C12H14N4/c1-2-4-10-11(15-8-16-12(10)13)9-5-3-6-14-7-9/h3,5-8H,2,4H2,1H3,(H2,13,15,16). The third-order valence-corrected chi connectivity index (χ3v) is 2.41. The van der Waals surface area contributed by atoms with Crippen LogP contribution in [0.2, 0.25) is 0 Å². The number of nitrogens with two attached hydrogens (primary N) is 1. The summed E-state index contributed by atoms with van der Waals surface area (Å²) in [6, 6.07) is 3.87. The Labute approximate surface area is 94.6 Å². The van der Waals surface area contributed by atoms with Gasteiger partial charge in [-0.25, -0.2) is 9.97 Å². The van der Waals surface area contributed by atoms with Gasteiger partial charge in [-0.05, 0) is 18.6 Å². The third kappa shape index (κ3) is 2.00. The molecule has 2 aromatic heterocycles. The first-order chi connectivity index (χ1) is 7.83. The largest absolute Gasteiger partial charge is 0.383 e. The summed E-state index contributed by atoms with van der Waals surface area (Å²) in [6.45, 7) is 2.11. The van der Waals surface area contributed by atoms with Gasteiger partial charge in [-0.1, -0.05) is 13.3 Å². The molecule has 16 heavy (non-hydrogen) atoms. The lowest BCUT2D eigenvalue weighted by Crippen LogP contribution is -2.02. The third-order valence-electron chi connectivity index (χ3n) is 2.41. The summed E-state index contributed by atoms with van der Waals surface area (Å²) >= 11 is 0. The van der Waals surface area contributed by atoms with Crippen molar-refractivity contribution in [2.45, 2.75) is 19.8 Å². The maximum atomic E-state index is 5.87. The fourth-order valence-corrected chi connectivity index (χ4v) is 1.67. The van der Waals surface area contributed by atoms with Crippen LogP contribution >= 0.6 is 0 Å². The van der Waals surface area contributed by atoms with Crippen LogP contribution in [0.3, 0.4) is 0 Å². The van der Waals surface area contributed by atoms with Crippen LogP contribution in [-0.4, -0.2) is 15.0 Å². The highest BCUT2D eigenvalue weighted by molar-refractivity contribution is 5.66. The SMILES string of the molecule is CCCc1c(N)ncnc1-c1cccnc1. The van der Waals surface area contributed by atoms with Gasteiger partial charge in [-0.2, -0.15) is 0 Å². The molecule has 4 nitrogen and oxygen atoms in total. The van der Waals surface area contributed by atoms with Crippen LogP contribution in [0.15, 0.2) is 30.9 Å². The normalized spacial score (nSPS) is 10.3. The molecule has 2 rings (SSSR count). The molecule has 0 bridgehead atoms. The molecular weight excluding hydrogens is 200 g/mol. The van der Waals surface area contributed by atoms with E-state index in [0.29, 0.717) is 5.82 Å². The van der Waals surface area contributed by atoms with E-state index in [1.54, 1.807) is 12.4 Å². The van der Waals surface area contributed by atoms with Gasteiger partial charge in [-0.15, -0.1) is 0 Å². The van der Waals surface area contributed by atoms with E-state index in [2.05, 4.69) is 21.9 Å². The molecule has 0 aliphatic rings. The van der Waals surface area contributed by atoms with Crippen LogP contribution in [0.25, 0.3) is 11.3 Å². The highest BCUT2D eigenvalue weighted by Gasteiger charge is 2.09. The van der Waals surface area contributed by atoms with Crippen molar-refractivity contribution in [2.75, 3.05) is 5.73 Å². The van der Waals surface area contributed by atoms with Gasteiger partial charge in [0.2, 0.25) is 0 Å². The molecule has 82 valence electrons. The summed E-state index contributed by atoms with van der Waals surface area (Å²) in [5, 5.41) is 0. The predicted octanol–water partition coefficient (Wildman–Crippen LogP) is 2.07. The molecule has 0 aliphatic heterocycles. The minimum atomic E-state index is 0.565. The minimum Gasteiger partial charge on any atom is -0.383 e. The van der Waals surface area contributed by atoms with Crippen LogP contribution in [0, 0.1) is 0 Å². The molecule has 0 saturated heterocycles. The average Bonchev–Trinajstić information content (AvgIpc) is 2.33. The molecule has 2 heterocycles.